The molecule has 0 heterocycles. The third kappa shape index (κ3) is 1.65. The summed E-state index contributed by atoms with van der Waals surface area (Å²) in [6.45, 7) is 0.663. The van der Waals surface area contributed by atoms with Gasteiger partial charge in [0.1, 0.15) is 0 Å². The number of aromatic hydroxyl groups is 1. The van der Waals surface area contributed by atoms with Gasteiger partial charge in [0, 0.05) is 11.0 Å². The molecule has 0 radical (unpaired) electrons. The lowest BCUT2D eigenvalue weighted by Crippen LogP contribution is -2.36. The van der Waals surface area contributed by atoms with Gasteiger partial charge in [-0.1, -0.05) is 18.6 Å². The van der Waals surface area contributed by atoms with Crippen LogP contribution in [0, 0.1) is 0 Å². The molecule has 2 rings (SSSR count). The number of rotatable bonds is 4. The maximum atomic E-state index is 10.2. The molecule has 0 bridgehead atoms. The topological polar surface area (TPSA) is 55.5 Å². The molecule has 3 heteroatoms. The molecule has 1 aromatic carbocycles. The van der Waals surface area contributed by atoms with E-state index in [2.05, 4.69) is 0 Å². The van der Waals surface area contributed by atoms with E-state index in [4.69, 9.17) is 10.5 Å². The molecular weight excluding hydrogens is 202 g/mol. The molecule has 0 saturated heterocycles. The van der Waals surface area contributed by atoms with Crippen molar-refractivity contribution in [3.63, 3.8) is 0 Å². The fourth-order valence-electron chi connectivity index (χ4n) is 2.65. The van der Waals surface area contributed by atoms with E-state index in [-0.39, 0.29) is 11.2 Å². The Bertz CT molecular complexity index is 372. The Morgan fingerprint density at radius 3 is 2.69 bits per heavy atom. The summed E-state index contributed by atoms with van der Waals surface area (Å²) >= 11 is 0. The van der Waals surface area contributed by atoms with Crippen molar-refractivity contribution in [3.05, 3.63) is 23.8 Å². The first-order valence-electron chi connectivity index (χ1n) is 5.80. The molecule has 0 unspecified atom stereocenters. The standard InChI is InChI=1S/C13H19NO2/c1-16-11-5-2-4-10(12(11)15)13(8-9-14)6-3-7-13/h2,4-5,15H,3,6-9,14H2,1H3. The van der Waals surface area contributed by atoms with Gasteiger partial charge in [-0.2, -0.15) is 0 Å². The molecule has 0 aromatic heterocycles. The Hall–Kier alpha value is -1.22. The van der Waals surface area contributed by atoms with Gasteiger partial charge in [0.05, 0.1) is 7.11 Å². The molecule has 3 N–H and O–H groups in total. The SMILES string of the molecule is COc1cccc(C2(CCN)CCC2)c1O. The van der Waals surface area contributed by atoms with Crippen LogP contribution in [0.5, 0.6) is 11.5 Å². The molecule has 0 spiro atoms. The Morgan fingerprint density at radius 2 is 2.19 bits per heavy atom. The van der Waals surface area contributed by atoms with Crippen molar-refractivity contribution in [2.75, 3.05) is 13.7 Å². The predicted molar refractivity (Wildman–Crippen MR) is 63.9 cm³/mol. The quantitative estimate of drug-likeness (QED) is 0.819. The van der Waals surface area contributed by atoms with Crippen LogP contribution in [-0.4, -0.2) is 18.8 Å². The third-order valence-electron chi connectivity index (χ3n) is 3.72. The molecule has 3 nitrogen and oxygen atoms in total. The van der Waals surface area contributed by atoms with Crippen LogP contribution in [0.15, 0.2) is 18.2 Å². The Labute approximate surface area is 96.2 Å². The first-order valence-corrected chi connectivity index (χ1v) is 5.80. The number of benzene rings is 1. The minimum atomic E-state index is 0.0906. The average Bonchev–Trinajstić information content (AvgIpc) is 2.24. The summed E-state index contributed by atoms with van der Waals surface area (Å²) in [7, 11) is 1.58. The van der Waals surface area contributed by atoms with Gasteiger partial charge >= 0.3 is 0 Å². The summed E-state index contributed by atoms with van der Waals surface area (Å²) in [4.78, 5) is 0. The highest BCUT2D eigenvalue weighted by Crippen LogP contribution is 2.50. The van der Waals surface area contributed by atoms with Crippen LogP contribution in [0.2, 0.25) is 0 Å². The molecule has 0 aliphatic heterocycles. The zero-order chi connectivity index (χ0) is 11.6. The fourth-order valence-corrected chi connectivity index (χ4v) is 2.65. The van der Waals surface area contributed by atoms with E-state index < -0.39 is 0 Å². The Balaban J connectivity index is 2.38. The van der Waals surface area contributed by atoms with E-state index in [1.54, 1.807) is 13.2 Å². The molecule has 16 heavy (non-hydrogen) atoms. The van der Waals surface area contributed by atoms with E-state index in [0.29, 0.717) is 12.3 Å². The maximum Gasteiger partial charge on any atom is 0.161 e. The summed E-state index contributed by atoms with van der Waals surface area (Å²) in [6.07, 6.45) is 4.39. The predicted octanol–water partition coefficient (Wildman–Crippen LogP) is 2.17. The largest absolute Gasteiger partial charge is 0.504 e. The van der Waals surface area contributed by atoms with Crippen molar-refractivity contribution in [2.45, 2.75) is 31.1 Å². The highest BCUT2D eigenvalue weighted by atomic mass is 16.5. The molecule has 1 aliphatic rings. The second kappa shape index (κ2) is 4.34. The monoisotopic (exact) mass is 221 g/mol. The molecule has 0 amide bonds. The van der Waals surface area contributed by atoms with Crippen LogP contribution >= 0.6 is 0 Å². The summed E-state index contributed by atoms with van der Waals surface area (Å²) in [5.41, 5.74) is 6.76. The van der Waals surface area contributed by atoms with Gasteiger partial charge in [-0.05, 0) is 31.9 Å². The number of phenolic OH excluding ortho intramolecular Hbond substituents is 1. The first kappa shape index (κ1) is 11.3. The highest BCUT2D eigenvalue weighted by molar-refractivity contribution is 5.49. The Kier molecular flexibility index (Phi) is 3.06. The molecule has 0 atom stereocenters. The van der Waals surface area contributed by atoms with Gasteiger partial charge in [-0.3, -0.25) is 0 Å². The van der Waals surface area contributed by atoms with Crippen LogP contribution in [0.3, 0.4) is 0 Å². The Morgan fingerprint density at radius 1 is 1.44 bits per heavy atom. The molecule has 1 fully saturated rings. The average molecular weight is 221 g/mol. The number of ether oxygens (including phenoxy) is 1. The van der Waals surface area contributed by atoms with Crippen molar-refractivity contribution in [2.24, 2.45) is 5.73 Å². The lowest BCUT2D eigenvalue weighted by molar-refractivity contribution is 0.220. The van der Waals surface area contributed by atoms with Crippen LogP contribution in [0.1, 0.15) is 31.2 Å². The van der Waals surface area contributed by atoms with Crippen molar-refractivity contribution in [3.8, 4) is 11.5 Å². The van der Waals surface area contributed by atoms with Gasteiger partial charge < -0.3 is 15.6 Å². The molecular formula is C13H19NO2. The van der Waals surface area contributed by atoms with Gasteiger partial charge in [-0.15, -0.1) is 0 Å². The minimum absolute atomic E-state index is 0.0906. The summed E-state index contributed by atoms with van der Waals surface area (Å²) in [5, 5.41) is 10.2. The molecule has 88 valence electrons. The number of hydrogen-bond donors (Lipinski definition) is 2. The molecule has 1 aromatic rings. The lowest BCUT2D eigenvalue weighted by atomic mass is 9.62. The second-order valence-electron chi connectivity index (χ2n) is 4.53. The van der Waals surface area contributed by atoms with E-state index >= 15 is 0 Å². The number of hydrogen-bond acceptors (Lipinski definition) is 3. The van der Waals surface area contributed by atoms with Crippen LogP contribution < -0.4 is 10.5 Å². The van der Waals surface area contributed by atoms with Crippen LogP contribution in [0.25, 0.3) is 0 Å². The minimum Gasteiger partial charge on any atom is -0.504 e. The number of methoxy groups -OCH3 is 1. The zero-order valence-corrected chi connectivity index (χ0v) is 9.70. The van der Waals surface area contributed by atoms with Crippen LogP contribution in [-0.2, 0) is 5.41 Å². The molecule has 1 aliphatic carbocycles. The summed E-state index contributed by atoms with van der Waals surface area (Å²) < 4.78 is 5.15. The van der Waals surface area contributed by atoms with E-state index in [0.717, 1.165) is 24.8 Å². The fraction of sp³-hybridized carbons (Fsp3) is 0.538. The first-order chi connectivity index (χ1) is 7.73. The van der Waals surface area contributed by atoms with Crippen LogP contribution in [0.4, 0.5) is 0 Å². The van der Waals surface area contributed by atoms with Gasteiger partial charge in [0.25, 0.3) is 0 Å². The van der Waals surface area contributed by atoms with E-state index in [1.807, 2.05) is 12.1 Å². The van der Waals surface area contributed by atoms with Crippen molar-refractivity contribution < 1.29 is 9.84 Å². The van der Waals surface area contributed by atoms with Crippen molar-refractivity contribution in [1.82, 2.24) is 0 Å². The number of para-hydroxylation sites is 1. The normalized spacial score (nSPS) is 17.9. The molecule has 1 saturated carbocycles. The van der Waals surface area contributed by atoms with E-state index in [9.17, 15) is 5.11 Å². The highest BCUT2D eigenvalue weighted by Gasteiger charge is 2.40. The van der Waals surface area contributed by atoms with Crippen molar-refractivity contribution >= 4 is 0 Å². The smallest absolute Gasteiger partial charge is 0.161 e. The zero-order valence-electron chi connectivity index (χ0n) is 9.70. The van der Waals surface area contributed by atoms with Gasteiger partial charge in [-0.25, -0.2) is 0 Å². The number of phenols is 1. The second-order valence-corrected chi connectivity index (χ2v) is 4.53. The summed E-state index contributed by atoms with van der Waals surface area (Å²) in [5.74, 6) is 0.846. The van der Waals surface area contributed by atoms with Gasteiger partial charge in [0.2, 0.25) is 0 Å². The van der Waals surface area contributed by atoms with E-state index in [1.165, 1.54) is 6.42 Å². The van der Waals surface area contributed by atoms with Gasteiger partial charge in [0.15, 0.2) is 11.5 Å². The lowest BCUT2D eigenvalue weighted by Gasteiger charge is -2.42. The third-order valence-corrected chi connectivity index (χ3v) is 3.72. The number of nitrogens with two attached hydrogens (primary N) is 1. The maximum absolute atomic E-state index is 10.2. The van der Waals surface area contributed by atoms with Crippen molar-refractivity contribution in [1.29, 1.82) is 0 Å². The summed E-state index contributed by atoms with van der Waals surface area (Å²) in [6, 6.07) is 5.71.